The van der Waals surface area contributed by atoms with Crippen LogP contribution in [-0.4, -0.2) is 30.9 Å². The predicted molar refractivity (Wildman–Crippen MR) is 99.6 cm³/mol. The summed E-state index contributed by atoms with van der Waals surface area (Å²) >= 11 is 0. The molecule has 0 saturated heterocycles. The Morgan fingerprint density at radius 1 is 1.00 bits per heavy atom. The van der Waals surface area contributed by atoms with Gasteiger partial charge in [0.15, 0.2) is 0 Å². The SMILES string of the molecule is COc1ccc([C@@H]2c3cccn3CCN2S(=O)(=O)c2ccc(F)cc2)cc1. The van der Waals surface area contributed by atoms with Crippen LogP contribution >= 0.6 is 0 Å². The van der Waals surface area contributed by atoms with Gasteiger partial charge in [-0.1, -0.05) is 12.1 Å². The maximum absolute atomic E-state index is 13.3. The maximum Gasteiger partial charge on any atom is 0.244 e. The molecule has 27 heavy (non-hydrogen) atoms. The van der Waals surface area contributed by atoms with Crippen LogP contribution in [0.25, 0.3) is 0 Å². The zero-order chi connectivity index (χ0) is 19.0. The van der Waals surface area contributed by atoms with Crippen molar-refractivity contribution in [1.29, 1.82) is 0 Å². The molecule has 5 nitrogen and oxygen atoms in total. The Labute approximate surface area is 157 Å². The zero-order valence-electron chi connectivity index (χ0n) is 14.7. The Morgan fingerprint density at radius 3 is 2.37 bits per heavy atom. The fourth-order valence-corrected chi connectivity index (χ4v) is 5.07. The lowest BCUT2D eigenvalue weighted by molar-refractivity contribution is 0.298. The molecule has 0 spiro atoms. The summed E-state index contributed by atoms with van der Waals surface area (Å²) in [6.45, 7) is 0.896. The molecule has 0 fully saturated rings. The van der Waals surface area contributed by atoms with Crippen LogP contribution < -0.4 is 4.74 Å². The molecule has 3 aromatic rings. The van der Waals surface area contributed by atoms with Crippen LogP contribution in [0.5, 0.6) is 5.75 Å². The van der Waals surface area contributed by atoms with Crippen molar-refractivity contribution < 1.29 is 17.5 Å². The second-order valence-corrected chi connectivity index (χ2v) is 8.26. The largest absolute Gasteiger partial charge is 0.497 e. The van der Waals surface area contributed by atoms with Crippen LogP contribution in [-0.2, 0) is 16.6 Å². The highest BCUT2D eigenvalue weighted by molar-refractivity contribution is 7.89. The highest BCUT2D eigenvalue weighted by atomic mass is 32.2. The highest BCUT2D eigenvalue weighted by Gasteiger charge is 2.37. The smallest absolute Gasteiger partial charge is 0.244 e. The Bertz CT molecular complexity index is 1040. The average molecular weight is 386 g/mol. The normalized spacial score (nSPS) is 17.5. The quantitative estimate of drug-likeness (QED) is 0.690. The molecular formula is C20H19FN2O3S. The molecule has 0 saturated carbocycles. The highest BCUT2D eigenvalue weighted by Crippen LogP contribution is 2.37. The van der Waals surface area contributed by atoms with Gasteiger partial charge in [-0.3, -0.25) is 0 Å². The van der Waals surface area contributed by atoms with Gasteiger partial charge in [0.2, 0.25) is 10.0 Å². The maximum atomic E-state index is 13.3. The van der Waals surface area contributed by atoms with Crippen molar-refractivity contribution in [2.75, 3.05) is 13.7 Å². The monoisotopic (exact) mass is 386 g/mol. The Morgan fingerprint density at radius 2 is 1.70 bits per heavy atom. The third-order valence-corrected chi connectivity index (χ3v) is 6.72. The van der Waals surface area contributed by atoms with E-state index in [9.17, 15) is 12.8 Å². The number of hydrogen-bond donors (Lipinski definition) is 0. The van der Waals surface area contributed by atoms with Crippen LogP contribution in [0.4, 0.5) is 4.39 Å². The van der Waals surface area contributed by atoms with E-state index in [4.69, 9.17) is 4.74 Å². The van der Waals surface area contributed by atoms with Crippen molar-refractivity contribution in [3.8, 4) is 5.75 Å². The molecular weight excluding hydrogens is 367 g/mol. The first-order valence-electron chi connectivity index (χ1n) is 8.57. The molecule has 0 N–H and O–H groups in total. The van der Waals surface area contributed by atoms with E-state index in [0.717, 1.165) is 11.3 Å². The van der Waals surface area contributed by atoms with Crippen LogP contribution in [0.3, 0.4) is 0 Å². The summed E-state index contributed by atoms with van der Waals surface area (Å²) < 4.78 is 48.6. The number of methoxy groups -OCH3 is 1. The molecule has 4 rings (SSSR count). The third-order valence-electron chi connectivity index (χ3n) is 4.85. The van der Waals surface area contributed by atoms with Crippen molar-refractivity contribution in [2.45, 2.75) is 17.5 Å². The zero-order valence-corrected chi connectivity index (χ0v) is 15.6. The second-order valence-electron chi connectivity index (χ2n) is 6.37. The molecule has 140 valence electrons. The number of aromatic nitrogens is 1. The first-order valence-corrected chi connectivity index (χ1v) is 10.0. The van der Waals surface area contributed by atoms with E-state index in [1.54, 1.807) is 7.11 Å². The number of fused-ring (bicyclic) bond motifs is 1. The van der Waals surface area contributed by atoms with Crippen molar-refractivity contribution in [2.24, 2.45) is 0 Å². The van der Waals surface area contributed by atoms with E-state index in [2.05, 4.69) is 4.57 Å². The molecule has 0 radical (unpaired) electrons. The summed E-state index contributed by atoms with van der Waals surface area (Å²) in [7, 11) is -2.20. The minimum Gasteiger partial charge on any atom is -0.497 e. The molecule has 1 aliphatic rings. The first-order chi connectivity index (χ1) is 13.0. The molecule has 0 amide bonds. The summed E-state index contributed by atoms with van der Waals surface area (Å²) in [5.74, 6) is 0.242. The number of benzene rings is 2. The number of sulfonamides is 1. The van der Waals surface area contributed by atoms with Crippen molar-refractivity contribution >= 4 is 10.0 Å². The van der Waals surface area contributed by atoms with Gasteiger partial charge in [0.1, 0.15) is 11.6 Å². The summed E-state index contributed by atoms with van der Waals surface area (Å²) in [4.78, 5) is 0.0856. The van der Waals surface area contributed by atoms with Crippen molar-refractivity contribution in [3.05, 3.63) is 83.9 Å². The van der Waals surface area contributed by atoms with Gasteiger partial charge in [0, 0.05) is 25.0 Å². The minimum atomic E-state index is -3.79. The summed E-state index contributed by atoms with van der Waals surface area (Å²) in [5, 5.41) is 0. The van der Waals surface area contributed by atoms with Crippen LogP contribution in [0.1, 0.15) is 17.3 Å². The Balaban J connectivity index is 1.81. The first kappa shape index (κ1) is 17.8. The summed E-state index contributed by atoms with van der Waals surface area (Å²) in [6.07, 6.45) is 1.95. The van der Waals surface area contributed by atoms with Crippen LogP contribution in [0, 0.1) is 5.82 Å². The van der Waals surface area contributed by atoms with Gasteiger partial charge < -0.3 is 9.30 Å². The lowest BCUT2D eigenvalue weighted by Gasteiger charge is -2.36. The summed E-state index contributed by atoms with van der Waals surface area (Å²) in [6, 6.07) is 15.7. The molecule has 1 atom stereocenters. The van der Waals surface area contributed by atoms with E-state index in [0.29, 0.717) is 18.8 Å². The number of ether oxygens (including phenoxy) is 1. The second kappa shape index (κ2) is 6.83. The Hall–Kier alpha value is -2.64. The van der Waals surface area contributed by atoms with Crippen molar-refractivity contribution in [3.63, 3.8) is 0 Å². The van der Waals surface area contributed by atoms with Gasteiger partial charge in [0.05, 0.1) is 18.0 Å². The molecule has 7 heteroatoms. The topological polar surface area (TPSA) is 51.5 Å². The number of halogens is 1. The molecule has 0 bridgehead atoms. The van der Waals surface area contributed by atoms with Crippen molar-refractivity contribution in [1.82, 2.24) is 8.87 Å². The number of hydrogen-bond acceptors (Lipinski definition) is 3. The Kier molecular flexibility index (Phi) is 4.49. The van der Waals surface area contributed by atoms with E-state index in [-0.39, 0.29) is 4.90 Å². The van der Waals surface area contributed by atoms with Gasteiger partial charge in [-0.25, -0.2) is 12.8 Å². The van der Waals surface area contributed by atoms with E-state index >= 15 is 0 Å². The van der Waals surface area contributed by atoms with E-state index in [1.165, 1.54) is 28.6 Å². The summed E-state index contributed by atoms with van der Waals surface area (Å²) in [5.41, 5.74) is 1.75. The number of rotatable bonds is 4. The van der Waals surface area contributed by atoms with Crippen LogP contribution in [0.15, 0.2) is 71.8 Å². The average Bonchev–Trinajstić information content (AvgIpc) is 3.16. The molecule has 1 aliphatic heterocycles. The van der Waals surface area contributed by atoms with Gasteiger partial charge >= 0.3 is 0 Å². The fourth-order valence-electron chi connectivity index (χ4n) is 3.49. The van der Waals surface area contributed by atoms with Crippen LogP contribution in [0.2, 0.25) is 0 Å². The third kappa shape index (κ3) is 3.13. The van der Waals surface area contributed by atoms with Gasteiger partial charge in [-0.05, 0) is 54.1 Å². The molecule has 0 unspecified atom stereocenters. The number of nitrogens with zero attached hydrogens (tertiary/aromatic N) is 2. The van der Waals surface area contributed by atoms with E-state index < -0.39 is 21.9 Å². The van der Waals surface area contributed by atoms with Gasteiger partial charge in [-0.15, -0.1) is 0 Å². The van der Waals surface area contributed by atoms with Gasteiger partial charge in [-0.2, -0.15) is 4.31 Å². The lowest BCUT2D eigenvalue weighted by Crippen LogP contribution is -2.42. The standard InChI is InChI=1S/C20H19FN2O3S/c1-26-17-8-4-15(5-9-17)20-19-3-2-12-22(19)13-14-23(20)27(24,25)18-10-6-16(21)7-11-18/h2-12,20H,13-14H2,1H3/t20-/m1/s1. The minimum absolute atomic E-state index is 0.0856. The predicted octanol–water partition coefficient (Wildman–Crippen LogP) is 3.43. The molecule has 2 aromatic carbocycles. The van der Waals surface area contributed by atoms with E-state index in [1.807, 2.05) is 42.6 Å². The fraction of sp³-hybridized carbons (Fsp3) is 0.200. The molecule has 2 heterocycles. The molecule has 1 aromatic heterocycles. The lowest BCUT2D eigenvalue weighted by atomic mass is 10.0. The molecule has 0 aliphatic carbocycles. The van der Waals surface area contributed by atoms with Gasteiger partial charge in [0.25, 0.3) is 0 Å².